The molecule has 0 spiro atoms. The summed E-state index contributed by atoms with van der Waals surface area (Å²) in [6.45, 7) is 5.27. The van der Waals surface area contributed by atoms with E-state index in [0.717, 1.165) is 6.08 Å². The number of hydrogen-bond donors (Lipinski definition) is 1. The Labute approximate surface area is 112 Å². The second-order valence-electron chi connectivity index (χ2n) is 4.06. The molecule has 0 aliphatic carbocycles. The van der Waals surface area contributed by atoms with Crippen LogP contribution in [0.15, 0.2) is 12.7 Å². The van der Waals surface area contributed by atoms with Crippen LogP contribution in [0.2, 0.25) is 0 Å². The molecule has 0 amide bonds. The Morgan fingerprint density at radius 2 is 1.95 bits per heavy atom. The van der Waals surface area contributed by atoms with Crippen LogP contribution in [0, 0.1) is 0 Å². The standard InChI is InChI=1S/C13H20O6/c1-3-12(16)19-10(2)6-5-9-18-13(17)8-4-7-11(14)15/h3,10H,1,4-9H2,2H3,(H,14,15). The van der Waals surface area contributed by atoms with Gasteiger partial charge in [-0.1, -0.05) is 6.58 Å². The maximum Gasteiger partial charge on any atom is 0.330 e. The number of carbonyl (C=O) groups is 3. The van der Waals surface area contributed by atoms with Crippen LogP contribution in [0.4, 0.5) is 0 Å². The lowest BCUT2D eigenvalue weighted by Gasteiger charge is -2.11. The summed E-state index contributed by atoms with van der Waals surface area (Å²) in [4.78, 5) is 32.3. The number of aliphatic carboxylic acids is 1. The van der Waals surface area contributed by atoms with E-state index >= 15 is 0 Å². The third-order valence-corrected chi connectivity index (χ3v) is 2.27. The molecule has 0 bridgehead atoms. The van der Waals surface area contributed by atoms with Gasteiger partial charge < -0.3 is 14.6 Å². The first-order chi connectivity index (χ1) is 8.95. The second kappa shape index (κ2) is 10.1. The van der Waals surface area contributed by atoms with Gasteiger partial charge in [-0.3, -0.25) is 9.59 Å². The van der Waals surface area contributed by atoms with Gasteiger partial charge in [-0.25, -0.2) is 4.79 Å². The fourth-order valence-electron chi connectivity index (χ4n) is 1.32. The molecule has 0 saturated carbocycles. The Hall–Kier alpha value is -1.85. The molecule has 19 heavy (non-hydrogen) atoms. The fourth-order valence-corrected chi connectivity index (χ4v) is 1.32. The molecule has 0 saturated heterocycles. The number of hydrogen-bond acceptors (Lipinski definition) is 5. The molecule has 6 heteroatoms. The lowest BCUT2D eigenvalue weighted by Crippen LogP contribution is -2.14. The topological polar surface area (TPSA) is 89.9 Å². The largest absolute Gasteiger partial charge is 0.481 e. The van der Waals surface area contributed by atoms with Crippen molar-refractivity contribution in [2.75, 3.05) is 6.61 Å². The average molecular weight is 272 g/mol. The molecule has 0 radical (unpaired) electrons. The van der Waals surface area contributed by atoms with Crippen molar-refractivity contribution in [3.63, 3.8) is 0 Å². The van der Waals surface area contributed by atoms with E-state index in [1.54, 1.807) is 6.92 Å². The molecule has 0 rings (SSSR count). The molecule has 108 valence electrons. The van der Waals surface area contributed by atoms with E-state index in [1.165, 1.54) is 0 Å². The summed E-state index contributed by atoms with van der Waals surface area (Å²) >= 11 is 0. The third kappa shape index (κ3) is 11.0. The maximum atomic E-state index is 11.2. The van der Waals surface area contributed by atoms with Gasteiger partial charge >= 0.3 is 17.9 Å². The van der Waals surface area contributed by atoms with Crippen LogP contribution in [0.3, 0.4) is 0 Å². The summed E-state index contributed by atoms with van der Waals surface area (Å²) in [5.74, 6) is -1.80. The van der Waals surface area contributed by atoms with Gasteiger partial charge in [0.15, 0.2) is 0 Å². The summed E-state index contributed by atoms with van der Waals surface area (Å²) in [5, 5.41) is 8.39. The van der Waals surface area contributed by atoms with Gasteiger partial charge in [0.05, 0.1) is 12.7 Å². The van der Waals surface area contributed by atoms with E-state index in [1.807, 2.05) is 0 Å². The number of rotatable bonds is 10. The number of esters is 2. The number of carboxylic acids is 1. The van der Waals surface area contributed by atoms with Gasteiger partial charge in [0, 0.05) is 18.9 Å². The molecule has 0 aliphatic heterocycles. The van der Waals surface area contributed by atoms with Crippen molar-refractivity contribution in [3.8, 4) is 0 Å². The zero-order valence-electron chi connectivity index (χ0n) is 11.1. The molecule has 0 aliphatic rings. The fraction of sp³-hybridized carbons (Fsp3) is 0.615. The number of ether oxygens (including phenoxy) is 2. The van der Waals surface area contributed by atoms with Gasteiger partial charge in [-0.2, -0.15) is 0 Å². The first-order valence-corrected chi connectivity index (χ1v) is 6.16. The highest BCUT2D eigenvalue weighted by Gasteiger charge is 2.08. The van der Waals surface area contributed by atoms with Gasteiger partial charge in [0.2, 0.25) is 0 Å². The molecule has 1 atom stereocenters. The van der Waals surface area contributed by atoms with Gasteiger partial charge in [-0.15, -0.1) is 0 Å². The van der Waals surface area contributed by atoms with Crippen molar-refractivity contribution in [1.82, 2.24) is 0 Å². The average Bonchev–Trinajstić information content (AvgIpc) is 2.34. The van der Waals surface area contributed by atoms with Crippen molar-refractivity contribution in [2.24, 2.45) is 0 Å². The Kier molecular flexibility index (Phi) is 9.12. The summed E-state index contributed by atoms with van der Waals surface area (Å²) in [6.07, 6.45) is 2.35. The highest BCUT2D eigenvalue weighted by molar-refractivity contribution is 5.81. The SMILES string of the molecule is C=CC(=O)OC(C)CCCOC(=O)CCCC(=O)O. The molecule has 1 N–H and O–H groups in total. The zero-order chi connectivity index (χ0) is 14.7. The first kappa shape index (κ1) is 17.2. The minimum atomic E-state index is -0.925. The van der Waals surface area contributed by atoms with Gasteiger partial charge in [-0.05, 0) is 26.2 Å². The smallest absolute Gasteiger partial charge is 0.330 e. The summed E-state index contributed by atoms with van der Waals surface area (Å²) in [5.41, 5.74) is 0. The van der Waals surface area contributed by atoms with E-state index in [4.69, 9.17) is 14.6 Å². The molecule has 0 fully saturated rings. The molecule has 6 nitrogen and oxygen atoms in total. The normalized spacial score (nSPS) is 11.4. The second-order valence-corrected chi connectivity index (χ2v) is 4.06. The summed E-state index contributed by atoms with van der Waals surface area (Å²) in [6, 6.07) is 0. The molecule has 0 aromatic rings. The number of carboxylic acid groups (broad SMARTS) is 1. The van der Waals surface area contributed by atoms with Crippen LogP contribution in [-0.4, -0.2) is 35.7 Å². The van der Waals surface area contributed by atoms with E-state index in [2.05, 4.69) is 6.58 Å². The van der Waals surface area contributed by atoms with Crippen molar-refractivity contribution >= 4 is 17.9 Å². The predicted octanol–water partition coefficient (Wildman–Crippen LogP) is 1.68. The van der Waals surface area contributed by atoms with E-state index in [-0.39, 0.29) is 32.0 Å². The minimum absolute atomic E-state index is 0.0381. The summed E-state index contributed by atoms with van der Waals surface area (Å²) in [7, 11) is 0. The van der Waals surface area contributed by atoms with Crippen LogP contribution in [-0.2, 0) is 23.9 Å². The Morgan fingerprint density at radius 3 is 2.53 bits per heavy atom. The minimum Gasteiger partial charge on any atom is -0.481 e. The summed E-state index contributed by atoms with van der Waals surface area (Å²) < 4.78 is 9.85. The van der Waals surface area contributed by atoms with Gasteiger partial charge in [0.25, 0.3) is 0 Å². The van der Waals surface area contributed by atoms with Crippen LogP contribution in [0.25, 0.3) is 0 Å². The quantitative estimate of drug-likeness (QED) is 0.369. The van der Waals surface area contributed by atoms with Crippen LogP contribution < -0.4 is 0 Å². The molecule has 0 aromatic carbocycles. The molecular weight excluding hydrogens is 252 g/mol. The molecule has 0 aromatic heterocycles. The Bertz CT molecular complexity index is 323. The molecule has 0 heterocycles. The first-order valence-electron chi connectivity index (χ1n) is 6.16. The van der Waals surface area contributed by atoms with Crippen molar-refractivity contribution in [3.05, 3.63) is 12.7 Å². The maximum absolute atomic E-state index is 11.2. The lowest BCUT2D eigenvalue weighted by molar-refractivity contribution is -0.146. The van der Waals surface area contributed by atoms with Crippen LogP contribution >= 0.6 is 0 Å². The Morgan fingerprint density at radius 1 is 1.26 bits per heavy atom. The van der Waals surface area contributed by atoms with E-state index in [0.29, 0.717) is 12.8 Å². The van der Waals surface area contributed by atoms with Crippen LogP contribution in [0.1, 0.15) is 39.0 Å². The zero-order valence-corrected chi connectivity index (χ0v) is 11.1. The monoisotopic (exact) mass is 272 g/mol. The molecular formula is C13H20O6. The van der Waals surface area contributed by atoms with Crippen LogP contribution in [0.5, 0.6) is 0 Å². The highest BCUT2D eigenvalue weighted by atomic mass is 16.5. The Balaban J connectivity index is 3.52. The van der Waals surface area contributed by atoms with Crippen molar-refractivity contribution in [1.29, 1.82) is 0 Å². The third-order valence-electron chi connectivity index (χ3n) is 2.27. The van der Waals surface area contributed by atoms with Gasteiger partial charge in [0.1, 0.15) is 0 Å². The lowest BCUT2D eigenvalue weighted by atomic mass is 10.2. The molecule has 1 unspecified atom stereocenters. The van der Waals surface area contributed by atoms with Crippen molar-refractivity contribution < 1.29 is 29.0 Å². The predicted molar refractivity (Wildman–Crippen MR) is 67.4 cm³/mol. The highest BCUT2D eigenvalue weighted by Crippen LogP contribution is 2.04. The van der Waals surface area contributed by atoms with E-state index < -0.39 is 17.9 Å². The van der Waals surface area contributed by atoms with E-state index in [9.17, 15) is 14.4 Å². The number of carbonyl (C=O) groups excluding carboxylic acids is 2. The van der Waals surface area contributed by atoms with Crippen molar-refractivity contribution in [2.45, 2.75) is 45.1 Å².